The van der Waals surface area contributed by atoms with Crippen LogP contribution in [0.15, 0.2) is 79.2 Å². The van der Waals surface area contributed by atoms with E-state index in [1.54, 1.807) is 11.8 Å². The van der Waals surface area contributed by atoms with Crippen molar-refractivity contribution < 1.29 is 4.79 Å². The van der Waals surface area contributed by atoms with Crippen LogP contribution in [0.2, 0.25) is 0 Å². The maximum Gasteiger partial charge on any atom is 0.186 e. The van der Waals surface area contributed by atoms with Crippen LogP contribution in [-0.2, 0) is 4.79 Å². The zero-order chi connectivity index (χ0) is 23.0. The number of ketones is 1. The molecular formula is C26H33ClN2OS. The Morgan fingerprint density at radius 2 is 1.65 bits per heavy atom. The summed E-state index contributed by atoms with van der Waals surface area (Å²) in [5, 5.41) is 9.40. The molecule has 0 spiro atoms. The maximum atomic E-state index is 13.3. The fraction of sp³-hybridized carbons (Fsp3) is 0.500. The molecule has 1 heterocycles. The van der Waals surface area contributed by atoms with Crippen molar-refractivity contribution in [2.24, 2.45) is 27.0 Å². The number of hydrogen-bond donors (Lipinski definition) is 0. The van der Waals surface area contributed by atoms with Crippen molar-refractivity contribution >= 4 is 29.1 Å². The molecule has 0 saturated carbocycles. The lowest BCUT2D eigenvalue weighted by atomic mass is 9.71. The minimum absolute atomic E-state index is 0.0847. The molecule has 2 atom stereocenters. The second-order valence-corrected chi connectivity index (χ2v) is 12.4. The first-order valence-electron chi connectivity index (χ1n) is 10.9. The molecule has 3 aliphatic rings. The predicted octanol–water partition coefficient (Wildman–Crippen LogP) is 8.29. The molecule has 31 heavy (non-hydrogen) atoms. The van der Waals surface area contributed by atoms with Gasteiger partial charge in [0.05, 0.1) is 21.0 Å². The Labute approximate surface area is 196 Å². The number of thioether (sulfide) groups is 1. The highest BCUT2D eigenvalue weighted by molar-refractivity contribution is 8.05. The average Bonchev–Trinajstić information content (AvgIpc) is 3.08. The van der Waals surface area contributed by atoms with Crippen molar-refractivity contribution in [1.82, 2.24) is 0 Å². The number of halogens is 1. The van der Waals surface area contributed by atoms with Gasteiger partial charge in [-0.2, -0.15) is 10.2 Å². The molecule has 3 nitrogen and oxygen atoms in total. The molecule has 0 aromatic rings. The molecule has 3 rings (SSSR count). The highest BCUT2D eigenvalue weighted by Crippen LogP contribution is 2.44. The zero-order valence-electron chi connectivity index (χ0n) is 19.6. The van der Waals surface area contributed by atoms with Gasteiger partial charge < -0.3 is 0 Å². The molecule has 0 amide bonds. The number of carbonyl (C=O) groups excluding carboxylic acids is 1. The van der Waals surface area contributed by atoms with Crippen molar-refractivity contribution in [1.29, 1.82) is 0 Å². The third kappa shape index (κ3) is 5.78. The summed E-state index contributed by atoms with van der Waals surface area (Å²) in [7, 11) is 0. The Kier molecular flexibility index (Phi) is 7.02. The van der Waals surface area contributed by atoms with E-state index in [2.05, 4.69) is 65.7 Å². The van der Waals surface area contributed by atoms with Crippen LogP contribution in [0.25, 0.3) is 0 Å². The van der Waals surface area contributed by atoms with E-state index in [0.717, 1.165) is 45.3 Å². The fourth-order valence-electron chi connectivity index (χ4n) is 3.70. The van der Waals surface area contributed by atoms with Gasteiger partial charge >= 0.3 is 0 Å². The second-order valence-electron chi connectivity index (χ2n) is 10.5. The van der Waals surface area contributed by atoms with E-state index in [-0.39, 0.29) is 21.9 Å². The van der Waals surface area contributed by atoms with Gasteiger partial charge in [0.15, 0.2) is 5.78 Å². The molecule has 0 bridgehead atoms. The summed E-state index contributed by atoms with van der Waals surface area (Å²) in [5.41, 5.74) is 3.82. The molecule has 2 unspecified atom stereocenters. The second kappa shape index (κ2) is 9.07. The quantitative estimate of drug-likeness (QED) is 0.401. The van der Waals surface area contributed by atoms with Gasteiger partial charge in [0, 0.05) is 11.1 Å². The number of azo groups is 1. The van der Waals surface area contributed by atoms with E-state index in [4.69, 9.17) is 16.7 Å². The molecule has 0 radical (unpaired) electrons. The van der Waals surface area contributed by atoms with Crippen molar-refractivity contribution in [3.05, 3.63) is 68.9 Å². The van der Waals surface area contributed by atoms with Crippen LogP contribution in [0.4, 0.5) is 0 Å². The van der Waals surface area contributed by atoms with Crippen LogP contribution in [-0.4, -0.2) is 11.0 Å². The van der Waals surface area contributed by atoms with Crippen molar-refractivity contribution in [2.45, 2.75) is 66.6 Å². The Morgan fingerprint density at radius 1 is 1.03 bits per heavy atom. The normalized spacial score (nSPS) is 24.9. The fourth-order valence-corrected chi connectivity index (χ4v) is 5.06. The van der Waals surface area contributed by atoms with E-state index < -0.39 is 0 Å². The van der Waals surface area contributed by atoms with Gasteiger partial charge in [-0.25, -0.2) is 0 Å². The zero-order valence-corrected chi connectivity index (χ0v) is 21.2. The van der Waals surface area contributed by atoms with Crippen LogP contribution in [0, 0.1) is 16.7 Å². The van der Waals surface area contributed by atoms with Crippen LogP contribution in [0.1, 0.15) is 61.3 Å². The number of allylic oxidation sites excluding steroid dienone is 9. The third-order valence-corrected chi connectivity index (χ3v) is 7.13. The van der Waals surface area contributed by atoms with Crippen LogP contribution >= 0.6 is 23.4 Å². The number of nitrogens with zero attached hydrogens (tertiary/aromatic N) is 2. The molecule has 166 valence electrons. The van der Waals surface area contributed by atoms with Gasteiger partial charge in [-0.15, -0.1) is 11.8 Å². The summed E-state index contributed by atoms with van der Waals surface area (Å²) in [6.07, 6.45) is 14.2. The van der Waals surface area contributed by atoms with Crippen molar-refractivity contribution in [3.8, 4) is 0 Å². The van der Waals surface area contributed by atoms with Gasteiger partial charge in [0.1, 0.15) is 0 Å². The van der Waals surface area contributed by atoms with E-state index in [1.165, 1.54) is 0 Å². The predicted molar refractivity (Wildman–Crippen MR) is 133 cm³/mol. The van der Waals surface area contributed by atoms with Crippen LogP contribution in [0.5, 0.6) is 0 Å². The van der Waals surface area contributed by atoms with Crippen LogP contribution < -0.4 is 0 Å². The highest BCUT2D eigenvalue weighted by atomic mass is 35.5. The monoisotopic (exact) mass is 456 g/mol. The smallest absolute Gasteiger partial charge is 0.186 e. The standard InChI is InChI=1S/C26H33ClN2OS/c1-16-8-10-18(11-9-16)28-29-23(21-12-13-22(27)31-21)17-14-19(25(2,3)4)24(30)20(15-17)26(5,6)7/h8,10-11,13-16,21H,9,12H2,1-7H3. The van der Waals surface area contributed by atoms with E-state index in [9.17, 15) is 4.79 Å². The summed E-state index contributed by atoms with van der Waals surface area (Å²) < 4.78 is 0.788. The van der Waals surface area contributed by atoms with Crippen molar-refractivity contribution in [3.63, 3.8) is 0 Å². The average molecular weight is 457 g/mol. The molecule has 0 aromatic carbocycles. The molecule has 0 saturated heterocycles. The summed E-state index contributed by atoms with van der Waals surface area (Å²) >= 11 is 7.91. The molecule has 0 fully saturated rings. The SMILES string of the molecule is CC1C=CC(N=NC(=C2C=C(C(C)(C)C)C(=O)C(C(C)(C)C)=C2)C2CC=C(Cl)S2)=CC1. The first-order chi connectivity index (χ1) is 14.4. The highest BCUT2D eigenvalue weighted by Gasteiger charge is 2.35. The van der Waals surface area contributed by atoms with Gasteiger partial charge in [-0.3, -0.25) is 4.79 Å². The van der Waals surface area contributed by atoms with E-state index >= 15 is 0 Å². The first-order valence-corrected chi connectivity index (χ1v) is 12.2. The topological polar surface area (TPSA) is 41.8 Å². The maximum absolute atomic E-state index is 13.3. The minimum Gasteiger partial charge on any atom is -0.289 e. The van der Waals surface area contributed by atoms with Crippen molar-refractivity contribution in [2.75, 3.05) is 0 Å². The number of hydrogen-bond acceptors (Lipinski definition) is 4. The van der Waals surface area contributed by atoms with E-state index in [1.807, 2.05) is 24.3 Å². The molecular weight excluding hydrogens is 424 g/mol. The van der Waals surface area contributed by atoms with E-state index in [0.29, 0.717) is 5.92 Å². The summed E-state index contributed by atoms with van der Waals surface area (Å²) in [4.78, 5) is 13.3. The molecule has 0 aromatic heterocycles. The molecule has 0 N–H and O–H groups in total. The Morgan fingerprint density at radius 3 is 2.10 bits per heavy atom. The largest absolute Gasteiger partial charge is 0.289 e. The Balaban J connectivity index is 2.14. The van der Waals surface area contributed by atoms with Crippen LogP contribution in [0.3, 0.4) is 0 Å². The lowest BCUT2D eigenvalue weighted by Crippen LogP contribution is -2.28. The lowest BCUT2D eigenvalue weighted by molar-refractivity contribution is -0.114. The van der Waals surface area contributed by atoms with Gasteiger partial charge in [0.25, 0.3) is 0 Å². The van der Waals surface area contributed by atoms with Gasteiger partial charge in [-0.1, -0.05) is 78.3 Å². The van der Waals surface area contributed by atoms with Gasteiger partial charge in [0.2, 0.25) is 0 Å². The summed E-state index contributed by atoms with van der Waals surface area (Å²) in [6.45, 7) is 14.7. The first kappa shape index (κ1) is 24.0. The number of carbonyl (C=O) groups is 1. The molecule has 2 aliphatic carbocycles. The molecule has 5 heteroatoms. The summed E-state index contributed by atoms with van der Waals surface area (Å²) in [6, 6.07) is 0. The third-order valence-electron chi connectivity index (χ3n) is 5.62. The minimum atomic E-state index is -0.265. The number of rotatable bonds is 3. The molecule has 1 aliphatic heterocycles. The van der Waals surface area contributed by atoms with Gasteiger partial charge in [-0.05, 0) is 53.4 Å². The Hall–Kier alpha value is -1.65. The summed E-state index contributed by atoms with van der Waals surface area (Å²) in [5.74, 6) is 0.659. The number of Topliss-reactive ketones (excluding diaryl/α,β-unsaturated/α-hetero) is 1. The Bertz CT molecular complexity index is 942. The lowest BCUT2D eigenvalue weighted by Gasteiger charge is -2.32.